The lowest BCUT2D eigenvalue weighted by Gasteiger charge is -2.37. The van der Waals surface area contributed by atoms with Gasteiger partial charge in [-0.1, -0.05) is 6.07 Å². The number of rotatable bonds is 7. The molecular formula is C26H29N3O3. The highest BCUT2D eigenvalue weighted by atomic mass is 16.5. The average Bonchev–Trinajstić information content (AvgIpc) is 3.59. The first-order chi connectivity index (χ1) is 15.4. The second kappa shape index (κ2) is 7.78. The number of nitrogens with zero attached hydrogens (tertiary/aromatic N) is 2. The largest absolute Gasteiger partial charge is 0.497 e. The summed E-state index contributed by atoms with van der Waals surface area (Å²) in [4.78, 5) is 19.3. The number of likely N-dealkylation sites (tertiary alicyclic amines) is 1. The van der Waals surface area contributed by atoms with Gasteiger partial charge in [0.2, 0.25) is 5.91 Å². The predicted molar refractivity (Wildman–Crippen MR) is 125 cm³/mol. The van der Waals surface area contributed by atoms with Crippen molar-refractivity contribution < 1.29 is 14.3 Å². The SMILES string of the molecule is COc1cc(C2(c3cc(OCC4CCN4C)cc(C(N)=O)c3C)CC2)c2ncccc2c1. The van der Waals surface area contributed by atoms with Crippen molar-refractivity contribution in [3.63, 3.8) is 0 Å². The molecule has 5 rings (SSSR count). The minimum Gasteiger partial charge on any atom is -0.497 e. The maximum Gasteiger partial charge on any atom is 0.249 e. The van der Waals surface area contributed by atoms with Crippen molar-refractivity contribution in [3.05, 3.63) is 64.8 Å². The molecule has 2 aromatic carbocycles. The quantitative estimate of drug-likeness (QED) is 0.615. The lowest BCUT2D eigenvalue weighted by Crippen LogP contribution is -2.48. The summed E-state index contributed by atoms with van der Waals surface area (Å²) in [5, 5.41) is 1.04. The van der Waals surface area contributed by atoms with Crippen LogP contribution in [0.2, 0.25) is 0 Å². The standard InChI is InChI=1S/C26H29N3O3/c1-16-21(25(27)30)12-20(32-15-18-6-10-29(18)2)14-22(16)26(7-8-26)23-13-19(31-3)11-17-5-4-9-28-24(17)23/h4-5,9,11-14,18H,6-8,10,15H2,1-3H3,(H2,27,30). The molecule has 1 aliphatic carbocycles. The summed E-state index contributed by atoms with van der Waals surface area (Å²) in [7, 11) is 3.79. The van der Waals surface area contributed by atoms with E-state index in [-0.39, 0.29) is 5.41 Å². The molecule has 2 fully saturated rings. The van der Waals surface area contributed by atoms with Gasteiger partial charge in [-0.25, -0.2) is 0 Å². The van der Waals surface area contributed by atoms with E-state index in [4.69, 9.17) is 20.2 Å². The Morgan fingerprint density at radius 1 is 1.22 bits per heavy atom. The number of fused-ring (bicyclic) bond motifs is 1. The normalized spacial score (nSPS) is 19.4. The molecule has 0 bridgehead atoms. The van der Waals surface area contributed by atoms with Gasteiger partial charge in [0.1, 0.15) is 18.1 Å². The molecule has 3 aromatic rings. The zero-order valence-corrected chi connectivity index (χ0v) is 18.9. The number of aromatic nitrogens is 1. The number of hydrogen-bond acceptors (Lipinski definition) is 5. The number of ether oxygens (including phenoxy) is 2. The van der Waals surface area contributed by atoms with Crippen molar-refractivity contribution >= 4 is 16.8 Å². The first-order valence-corrected chi connectivity index (χ1v) is 11.1. The first-order valence-electron chi connectivity index (χ1n) is 11.1. The van der Waals surface area contributed by atoms with Gasteiger partial charge < -0.3 is 15.2 Å². The summed E-state index contributed by atoms with van der Waals surface area (Å²) < 4.78 is 11.8. The summed E-state index contributed by atoms with van der Waals surface area (Å²) in [6.45, 7) is 3.68. The van der Waals surface area contributed by atoms with Crippen LogP contribution in [0.5, 0.6) is 11.5 Å². The van der Waals surface area contributed by atoms with E-state index in [1.807, 2.05) is 25.3 Å². The zero-order chi connectivity index (χ0) is 22.5. The van der Waals surface area contributed by atoms with Crippen molar-refractivity contribution in [2.24, 2.45) is 5.73 Å². The van der Waals surface area contributed by atoms with Crippen molar-refractivity contribution in [3.8, 4) is 11.5 Å². The highest BCUT2D eigenvalue weighted by Gasteiger charge is 2.49. The van der Waals surface area contributed by atoms with Gasteiger partial charge in [0.15, 0.2) is 0 Å². The van der Waals surface area contributed by atoms with Crippen LogP contribution in [0.15, 0.2) is 42.6 Å². The Hall–Kier alpha value is -3.12. The van der Waals surface area contributed by atoms with E-state index < -0.39 is 5.91 Å². The molecule has 1 unspecified atom stereocenters. The second-order valence-electron chi connectivity index (χ2n) is 9.07. The molecule has 1 saturated carbocycles. The molecule has 1 aliphatic heterocycles. The van der Waals surface area contributed by atoms with Crippen molar-refractivity contribution in [2.75, 3.05) is 27.3 Å². The van der Waals surface area contributed by atoms with Gasteiger partial charge >= 0.3 is 0 Å². The number of likely N-dealkylation sites (N-methyl/N-ethyl adjacent to an activating group) is 1. The van der Waals surface area contributed by atoms with Gasteiger partial charge in [-0.3, -0.25) is 14.7 Å². The third-order valence-electron chi connectivity index (χ3n) is 7.22. The fourth-order valence-corrected chi connectivity index (χ4v) is 4.95. The number of hydrogen-bond donors (Lipinski definition) is 1. The van der Waals surface area contributed by atoms with Gasteiger partial charge in [0, 0.05) is 28.6 Å². The summed E-state index contributed by atoms with van der Waals surface area (Å²) in [5.41, 5.74) is 10.2. The van der Waals surface area contributed by atoms with Crippen LogP contribution in [0, 0.1) is 6.92 Å². The summed E-state index contributed by atoms with van der Waals surface area (Å²) in [6.07, 6.45) is 4.90. The number of primary amides is 1. The Kier molecular flexibility index (Phi) is 5.05. The zero-order valence-electron chi connectivity index (χ0n) is 18.9. The van der Waals surface area contributed by atoms with Crippen LogP contribution in [0.4, 0.5) is 0 Å². The van der Waals surface area contributed by atoms with E-state index >= 15 is 0 Å². The molecule has 32 heavy (non-hydrogen) atoms. The molecule has 1 saturated heterocycles. The van der Waals surface area contributed by atoms with Gasteiger partial charge in [-0.05, 0) is 86.8 Å². The minimum absolute atomic E-state index is 0.234. The maximum atomic E-state index is 12.3. The Labute approximate surface area is 188 Å². The van der Waals surface area contributed by atoms with Crippen LogP contribution in [-0.2, 0) is 5.41 Å². The molecule has 166 valence electrons. The fraction of sp³-hybridized carbons (Fsp3) is 0.385. The molecule has 1 atom stereocenters. The molecular weight excluding hydrogens is 402 g/mol. The minimum atomic E-state index is -0.431. The lowest BCUT2D eigenvalue weighted by molar-refractivity contribution is 0.0767. The highest BCUT2D eigenvalue weighted by molar-refractivity contribution is 5.95. The Bertz CT molecular complexity index is 1200. The number of carbonyl (C=O) groups excluding carboxylic acids is 1. The monoisotopic (exact) mass is 431 g/mol. The number of amides is 1. The van der Waals surface area contributed by atoms with E-state index in [2.05, 4.69) is 30.1 Å². The Morgan fingerprint density at radius 2 is 2.00 bits per heavy atom. The summed E-state index contributed by atoms with van der Waals surface area (Å²) in [6, 6.07) is 12.4. The molecule has 1 amide bonds. The van der Waals surface area contributed by atoms with Gasteiger partial charge in [0.05, 0.1) is 12.6 Å². The number of nitrogens with two attached hydrogens (primary N) is 1. The number of carbonyl (C=O) groups is 1. The molecule has 2 heterocycles. The van der Waals surface area contributed by atoms with E-state index in [0.717, 1.165) is 59.2 Å². The lowest BCUT2D eigenvalue weighted by atomic mass is 9.82. The number of benzene rings is 2. The Balaban J connectivity index is 1.62. The van der Waals surface area contributed by atoms with Crippen molar-refractivity contribution in [1.82, 2.24) is 9.88 Å². The molecule has 2 aliphatic rings. The summed E-state index contributed by atoms with van der Waals surface area (Å²) in [5.74, 6) is 1.07. The second-order valence-corrected chi connectivity index (χ2v) is 9.07. The van der Waals surface area contributed by atoms with E-state index in [0.29, 0.717) is 24.0 Å². The molecule has 0 spiro atoms. The Morgan fingerprint density at radius 3 is 2.62 bits per heavy atom. The van der Waals surface area contributed by atoms with Crippen LogP contribution in [-0.4, -0.2) is 49.1 Å². The smallest absolute Gasteiger partial charge is 0.249 e. The van der Waals surface area contributed by atoms with Crippen LogP contribution in [0.1, 0.15) is 46.3 Å². The average molecular weight is 432 g/mol. The highest BCUT2D eigenvalue weighted by Crippen LogP contribution is 2.57. The van der Waals surface area contributed by atoms with Crippen molar-refractivity contribution in [1.29, 1.82) is 0 Å². The number of methoxy groups -OCH3 is 1. The predicted octanol–water partition coefficient (Wildman–Crippen LogP) is 3.81. The molecule has 2 N–H and O–H groups in total. The third-order valence-corrected chi connectivity index (χ3v) is 7.22. The van der Waals surface area contributed by atoms with Crippen LogP contribution < -0.4 is 15.2 Å². The van der Waals surface area contributed by atoms with Gasteiger partial charge in [-0.15, -0.1) is 0 Å². The maximum absolute atomic E-state index is 12.3. The van der Waals surface area contributed by atoms with Crippen molar-refractivity contribution in [2.45, 2.75) is 37.6 Å². The molecule has 6 nitrogen and oxygen atoms in total. The van der Waals surface area contributed by atoms with E-state index in [1.54, 1.807) is 13.2 Å². The topological polar surface area (TPSA) is 77.7 Å². The van der Waals surface area contributed by atoms with E-state index in [9.17, 15) is 4.79 Å². The van der Waals surface area contributed by atoms with E-state index in [1.165, 1.54) is 0 Å². The van der Waals surface area contributed by atoms with Crippen LogP contribution >= 0.6 is 0 Å². The fourth-order valence-electron chi connectivity index (χ4n) is 4.95. The third kappa shape index (κ3) is 3.39. The molecule has 0 radical (unpaired) electrons. The summed E-state index contributed by atoms with van der Waals surface area (Å²) >= 11 is 0. The number of pyridine rings is 1. The van der Waals surface area contributed by atoms with Gasteiger partial charge in [0.25, 0.3) is 0 Å². The van der Waals surface area contributed by atoms with Crippen LogP contribution in [0.3, 0.4) is 0 Å². The van der Waals surface area contributed by atoms with Gasteiger partial charge in [-0.2, -0.15) is 0 Å². The first kappa shape index (κ1) is 20.8. The molecule has 1 aromatic heterocycles. The van der Waals surface area contributed by atoms with Crippen LogP contribution in [0.25, 0.3) is 10.9 Å². The molecule has 6 heteroatoms.